The molecule has 0 spiro atoms. The molecular weight excluding hydrogens is 635 g/mol. The van der Waals surface area contributed by atoms with E-state index in [1.807, 2.05) is 18.2 Å². The first-order valence-electron chi connectivity index (χ1n) is 12.1. The van der Waals surface area contributed by atoms with Crippen molar-refractivity contribution in [1.82, 2.24) is 4.57 Å². The molecule has 0 N–H and O–H groups in total. The van der Waals surface area contributed by atoms with E-state index in [-0.39, 0.29) is 19.0 Å². The van der Waals surface area contributed by atoms with Gasteiger partial charge in [-0.3, -0.25) is 9.36 Å². The van der Waals surface area contributed by atoms with Crippen molar-refractivity contribution < 1.29 is 28.5 Å². The molecule has 0 radical (unpaired) electrons. The highest BCUT2D eigenvalue weighted by Gasteiger charge is 2.34. The monoisotopic (exact) mass is 660 g/mol. The summed E-state index contributed by atoms with van der Waals surface area (Å²) in [7, 11) is 1.56. The summed E-state index contributed by atoms with van der Waals surface area (Å²) in [6, 6.07) is 8.35. The van der Waals surface area contributed by atoms with E-state index in [0.29, 0.717) is 55.8 Å². The minimum absolute atomic E-state index is 0.112. The van der Waals surface area contributed by atoms with Crippen molar-refractivity contribution in [2.24, 2.45) is 4.99 Å². The van der Waals surface area contributed by atoms with E-state index in [0.717, 1.165) is 9.13 Å². The third-order valence-electron chi connectivity index (χ3n) is 6.12. The predicted octanol–water partition coefficient (Wildman–Crippen LogP) is 3.71. The minimum atomic E-state index is -0.749. The first-order valence-corrected chi connectivity index (χ1v) is 14.0. The maximum absolute atomic E-state index is 13.9. The Morgan fingerprint density at radius 1 is 1.28 bits per heavy atom. The van der Waals surface area contributed by atoms with E-state index in [9.17, 15) is 9.59 Å². The lowest BCUT2D eigenvalue weighted by molar-refractivity contribution is -0.139. The smallest absolute Gasteiger partial charge is 0.338 e. The molecule has 3 aromatic rings. The largest absolute Gasteiger partial charge is 0.493 e. The number of carbonyl (C=O) groups excluding carboxylic acids is 1. The van der Waals surface area contributed by atoms with Crippen molar-refractivity contribution >= 4 is 46.0 Å². The lowest BCUT2D eigenvalue weighted by Gasteiger charge is -2.24. The van der Waals surface area contributed by atoms with Gasteiger partial charge in [0.1, 0.15) is 6.61 Å². The van der Waals surface area contributed by atoms with Crippen molar-refractivity contribution in [3.8, 4) is 23.0 Å². The van der Waals surface area contributed by atoms with E-state index in [2.05, 4.69) is 34.2 Å². The molecule has 202 valence electrons. The Labute approximate surface area is 241 Å². The van der Waals surface area contributed by atoms with Crippen molar-refractivity contribution in [1.29, 1.82) is 0 Å². The van der Waals surface area contributed by atoms with Crippen LogP contribution in [0.25, 0.3) is 6.08 Å². The van der Waals surface area contributed by atoms with Crippen LogP contribution in [0, 0.1) is 3.57 Å². The number of thiazole rings is 1. The number of halogens is 1. The maximum Gasteiger partial charge on any atom is 0.338 e. The molecule has 0 bridgehead atoms. The molecule has 2 aliphatic rings. The van der Waals surface area contributed by atoms with E-state index in [1.165, 1.54) is 15.9 Å². The molecule has 5 rings (SSSR count). The number of aromatic nitrogens is 1. The van der Waals surface area contributed by atoms with E-state index in [4.69, 9.17) is 23.7 Å². The molecule has 2 aromatic carbocycles. The van der Waals surface area contributed by atoms with Gasteiger partial charge < -0.3 is 23.7 Å². The highest BCUT2D eigenvalue weighted by Crippen LogP contribution is 2.38. The molecule has 0 amide bonds. The van der Waals surface area contributed by atoms with Crippen molar-refractivity contribution in [3.63, 3.8) is 0 Å². The number of hydrogen-bond acceptors (Lipinski definition) is 9. The number of allylic oxidation sites excluding steroid dienone is 1. The molecule has 0 fully saturated rings. The summed E-state index contributed by atoms with van der Waals surface area (Å²) in [6.45, 7) is 7.82. The molecule has 9 nitrogen and oxygen atoms in total. The number of rotatable bonds is 8. The predicted molar refractivity (Wildman–Crippen MR) is 154 cm³/mol. The molecule has 0 aliphatic carbocycles. The second-order valence-corrected chi connectivity index (χ2v) is 10.7. The average Bonchev–Trinajstić information content (AvgIpc) is 3.50. The number of hydrogen-bond donors (Lipinski definition) is 0. The van der Waals surface area contributed by atoms with Crippen molar-refractivity contribution in [2.45, 2.75) is 19.9 Å². The van der Waals surface area contributed by atoms with Crippen LogP contribution in [0.3, 0.4) is 0 Å². The maximum atomic E-state index is 13.9. The zero-order valence-electron chi connectivity index (χ0n) is 21.5. The van der Waals surface area contributed by atoms with Gasteiger partial charge in [0.05, 0.1) is 39.1 Å². The average molecular weight is 660 g/mol. The Kier molecular flexibility index (Phi) is 7.80. The van der Waals surface area contributed by atoms with Crippen LogP contribution in [0.5, 0.6) is 23.0 Å². The first-order chi connectivity index (χ1) is 18.9. The summed E-state index contributed by atoms with van der Waals surface area (Å²) in [6.07, 6.45) is 3.44. The quantitative estimate of drug-likeness (QED) is 0.207. The van der Waals surface area contributed by atoms with Crippen LogP contribution >= 0.6 is 33.9 Å². The van der Waals surface area contributed by atoms with Gasteiger partial charge in [-0.15, -0.1) is 0 Å². The molecule has 11 heteroatoms. The summed E-state index contributed by atoms with van der Waals surface area (Å²) in [5, 5.41) is 0. The Morgan fingerprint density at radius 2 is 2.08 bits per heavy atom. The zero-order chi connectivity index (χ0) is 27.7. The second kappa shape index (κ2) is 11.3. The van der Waals surface area contributed by atoms with Crippen LogP contribution in [0.1, 0.15) is 31.0 Å². The minimum Gasteiger partial charge on any atom is -0.493 e. The van der Waals surface area contributed by atoms with Crippen LogP contribution < -0.4 is 33.8 Å². The molecule has 3 heterocycles. The SMILES string of the molecule is C=CCOc1c(I)cc(/C=c2\sc3n(c2=O)C(c2ccc4c(c2)OCO4)C(C(=O)OCC)=C(C)N=3)cc1OC. The highest BCUT2D eigenvalue weighted by molar-refractivity contribution is 14.1. The summed E-state index contributed by atoms with van der Waals surface area (Å²) in [5.41, 5.74) is 1.95. The molecule has 2 aliphatic heterocycles. The van der Waals surface area contributed by atoms with Gasteiger partial charge in [-0.1, -0.05) is 30.1 Å². The summed E-state index contributed by atoms with van der Waals surface area (Å²) < 4.78 is 30.5. The van der Waals surface area contributed by atoms with Gasteiger partial charge in [-0.25, -0.2) is 9.79 Å². The normalized spacial score (nSPS) is 16.0. The number of carbonyl (C=O) groups is 1. The van der Waals surface area contributed by atoms with Crippen molar-refractivity contribution in [3.05, 3.63) is 88.6 Å². The number of nitrogens with zero attached hydrogens (tertiary/aromatic N) is 2. The Hall–Kier alpha value is -3.58. The van der Waals surface area contributed by atoms with Gasteiger partial charge >= 0.3 is 5.97 Å². The fourth-order valence-corrected chi connectivity index (χ4v) is 6.27. The molecule has 0 saturated carbocycles. The molecule has 1 unspecified atom stereocenters. The second-order valence-electron chi connectivity index (χ2n) is 8.55. The molecular formula is C28H25IN2O7S. The fourth-order valence-electron chi connectivity index (χ4n) is 4.45. The number of methoxy groups -OCH3 is 1. The van der Waals surface area contributed by atoms with Gasteiger partial charge in [0, 0.05) is 0 Å². The topological polar surface area (TPSA) is 97.6 Å². The van der Waals surface area contributed by atoms with Gasteiger partial charge in [-0.05, 0) is 77.9 Å². The standard InChI is InChI=1S/C28H25IN2O7S/c1-5-9-36-25-18(29)10-16(11-21(25)34-4)12-22-26(32)31-24(17-7-8-19-20(13-17)38-14-37-19)23(27(33)35-6-2)15(3)30-28(31)39-22/h5,7-8,10-13,24H,1,6,9,14H2,2-4H3/b22-12-. The lowest BCUT2D eigenvalue weighted by atomic mass is 9.95. The Morgan fingerprint density at radius 3 is 2.82 bits per heavy atom. The van der Waals surface area contributed by atoms with Crippen LogP contribution in [-0.2, 0) is 9.53 Å². The Bertz CT molecular complexity index is 1690. The summed E-state index contributed by atoms with van der Waals surface area (Å²) in [4.78, 5) is 32.1. The summed E-state index contributed by atoms with van der Waals surface area (Å²) >= 11 is 3.42. The summed E-state index contributed by atoms with van der Waals surface area (Å²) in [5.74, 6) is 1.78. The van der Waals surface area contributed by atoms with E-state index >= 15 is 0 Å². The van der Waals surface area contributed by atoms with E-state index in [1.54, 1.807) is 45.2 Å². The molecule has 1 atom stereocenters. The Balaban J connectivity index is 1.67. The van der Waals surface area contributed by atoms with Crippen LogP contribution in [-0.4, -0.2) is 37.7 Å². The number of esters is 1. The zero-order valence-corrected chi connectivity index (χ0v) is 24.5. The first kappa shape index (κ1) is 27.0. The van der Waals surface area contributed by atoms with Crippen LogP contribution in [0.2, 0.25) is 0 Å². The number of ether oxygens (including phenoxy) is 5. The van der Waals surface area contributed by atoms with Crippen molar-refractivity contribution in [2.75, 3.05) is 27.1 Å². The molecule has 1 aromatic heterocycles. The van der Waals surface area contributed by atoms with Crippen LogP contribution in [0.4, 0.5) is 0 Å². The van der Waals surface area contributed by atoms with Gasteiger partial charge in [0.2, 0.25) is 6.79 Å². The third-order valence-corrected chi connectivity index (χ3v) is 7.91. The lowest BCUT2D eigenvalue weighted by Crippen LogP contribution is -2.39. The molecule has 39 heavy (non-hydrogen) atoms. The number of fused-ring (bicyclic) bond motifs is 2. The number of benzene rings is 2. The van der Waals surface area contributed by atoms with Gasteiger partial charge in [-0.2, -0.15) is 0 Å². The van der Waals surface area contributed by atoms with E-state index < -0.39 is 12.0 Å². The van der Waals surface area contributed by atoms with Crippen LogP contribution in [0.15, 0.2) is 64.0 Å². The third kappa shape index (κ3) is 5.08. The van der Waals surface area contributed by atoms with Gasteiger partial charge in [0.15, 0.2) is 27.8 Å². The fraction of sp³-hybridized carbons (Fsp3) is 0.250. The highest BCUT2D eigenvalue weighted by atomic mass is 127. The molecule has 0 saturated heterocycles. The van der Waals surface area contributed by atoms with Gasteiger partial charge in [0.25, 0.3) is 5.56 Å².